The number of carbonyl (C=O) groups excluding carboxylic acids is 1. The summed E-state index contributed by atoms with van der Waals surface area (Å²) < 4.78 is 6.75. The molecule has 0 spiro atoms. The summed E-state index contributed by atoms with van der Waals surface area (Å²) in [4.78, 5) is 13.8. The van der Waals surface area contributed by atoms with Crippen molar-refractivity contribution in [3.8, 4) is 11.4 Å². The molecule has 3 aromatic rings. The maximum Gasteiger partial charge on any atom is 0.233 e. The van der Waals surface area contributed by atoms with Gasteiger partial charge in [-0.15, -0.1) is 5.10 Å². The van der Waals surface area contributed by atoms with E-state index >= 15 is 0 Å². The summed E-state index contributed by atoms with van der Waals surface area (Å²) in [5.74, 6) is 1.03. The summed E-state index contributed by atoms with van der Waals surface area (Å²) in [5, 5.41) is 21.3. The Labute approximate surface area is 142 Å². The van der Waals surface area contributed by atoms with E-state index in [1.54, 1.807) is 48.5 Å². The fraction of sp³-hybridized carbons (Fsp3) is 0.200. The lowest BCUT2D eigenvalue weighted by atomic mass is 10.3. The molecule has 2 heterocycles. The van der Waals surface area contributed by atoms with Crippen LogP contribution in [0.15, 0.2) is 52.2 Å². The van der Waals surface area contributed by atoms with Crippen molar-refractivity contribution in [2.45, 2.75) is 11.7 Å². The zero-order chi connectivity index (χ0) is 16.9. The maximum absolute atomic E-state index is 12.2. The summed E-state index contributed by atoms with van der Waals surface area (Å²) in [5.41, 5.74) is 0.705. The SMILES string of the molecule is CN(Cc1ccco1)C(=O)CSc1nnnn1-c1ccc(O)cc1. The Morgan fingerprint density at radius 2 is 2.12 bits per heavy atom. The van der Waals surface area contributed by atoms with Gasteiger partial charge >= 0.3 is 0 Å². The number of carbonyl (C=O) groups is 1. The van der Waals surface area contributed by atoms with Gasteiger partial charge in [0.1, 0.15) is 11.5 Å². The lowest BCUT2D eigenvalue weighted by molar-refractivity contribution is -0.127. The van der Waals surface area contributed by atoms with Crippen molar-refractivity contribution in [3.05, 3.63) is 48.4 Å². The van der Waals surface area contributed by atoms with E-state index in [1.807, 2.05) is 6.07 Å². The van der Waals surface area contributed by atoms with E-state index in [1.165, 1.54) is 16.4 Å². The summed E-state index contributed by atoms with van der Waals surface area (Å²) in [6.07, 6.45) is 1.58. The van der Waals surface area contributed by atoms with Gasteiger partial charge in [-0.1, -0.05) is 11.8 Å². The quantitative estimate of drug-likeness (QED) is 0.679. The molecule has 0 aliphatic rings. The van der Waals surface area contributed by atoms with E-state index in [9.17, 15) is 9.90 Å². The zero-order valence-electron chi connectivity index (χ0n) is 12.9. The molecule has 1 amide bonds. The molecule has 3 rings (SSSR count). The molecule has 0 fully saturated rings. The maximum atomic E-state index is 12.2. The Bertz CT molecular complexity index is 801. The van der Waals surface area contributed by atoms with Crippen LogP contribution in [0.2, 0.25) is 0 Å². The molecule has 0 unspecified atom stereocenters. The number of phenolic OH excluding ortho intramolecular Hbond substituents is 1. The van der Waals surface area contributed by atoms with Gasteiger partial charge in [0.25, 0.3) is 0 Å². The van der Waals surface area contributed by atoms with Crippen molar-refractivity contribution < 1.29 is 14.3 Å². The second kappa shape index (κ2) is 7.18. The van der Waals surface area contributed by atoms with Crippen molar-refractivity contribution in [1.82, 2.24) is 25.1 Å². The number of phenols is 1. The van der Waals surface area contributed by atoms with Gasteiger partial charge in [0.05, 0.1) is 24.2 Å². The Hall–Kier alpha value is -2.81. The molecule has 0 bridgehead atoms. The molecule has 2 aromatic heterocycles. The Balaban J connectivity index is 1.62. The second-order valence-electron chi connectivity index (χ2n) is 5.01. The highest BCUT2D eigenvalue weighted by atomic mass is 32.2. The highest BCUT2D eigenvalue weighted by Crippen LogP contribution is 2.20. The van der Waals surface area contributed by atoms with Crippen LogP contribution in [0.4, 0.5) is 0 Å². The molecule has 0 radical (unpaired) electrons. The number of amides is 1. The van der Waals surface area contributed by atoms with Gasteiger partial charge in [0.2, 0.25) is 11.1 Å². The molecule has 24 heavy (non-hydrogen) atoms. The van der Waals surface area contributed by atoms with E-state index < -0.39 is 0 Å². The minimum Gasteiger partial charge on any atom is -0.508 e. The fourth-order valence-corrected chi connectivity index (χ4v) is 2.82. The summed E-state index contributed by atoms with van der Waals surface area (Å²) >= 11 is 1.24. The molecular weight excluding hydrogens is 330 g/mol. The molecule has 0 aliphatic heterocycles. The number of nitrogens with zero attached hydrogens (tertiary/aromatic N) is 5. The smallest absolute Gasteiger partial charge is 0.233 e. The van der Waals surface area contributed by atoms with Crippen LogP contribution in [-0.2, 0) is 11.3 Å². The third-order valence-electron chi connectivity index (χ3n) is 3.26. The number of hydrogen-bond donors (Lipinski definition) is 1. The molecule has 1 aromatic carbocycles. The molecule has 0 atom stereocenters. The summed E-state index contributed by atoms with van der Waals surface area (Å²) in [6, 6.07) is 10.1. The first kappa shape index (κ1) is 16.1. The minimum atomic E-state index is -0.0587. The molecule has 124 valence electrons. The topological polar surface area (TPSA) is 97.3 Å². The summed E-state index contributed by atoms with van der Waals surface area (Å²) in [6.45, 7) is 0.412. The number of hydrogen-bond acceptors (Lipinski definition) is 7. The van der Waals surface area contributed by atoms with Crippen LogP contribution < -0.4 is 0 Å². The van der Waals surface area contributed by atoms with E-state index in [2.05, 4.69) is 15.5 Å². The lowest BCUT2D eigenvalue weighted by Gasteiger charge is -2.15. The van der Waals surface area contributed by atoms with Crippen LogP contribution in [0.25, 0.3) is 5.69 Å². The van der Waals surface area contributed by atoms with Crippen molar-refractivity contribution in [3.63, 3.8) is 0 Å². The molecule has 1 N–H and O–H groups in total. The van der Waals surface area contributed by atoms with Gasteiger partial charge in [-0.2, -0.15) is 4.68 Å². The minimum absolute atomic E-state index is 0.0587. The number of rotatable bonds is 6. The standard InChI is InChI=1S/C15H15N5O3S/c1-19(9-13-3-2-8-23-13)14(22)10-24-15-16-17-18-20(15)11-4-6-12(21)7-5-11/h2-8,21H,9-10H2,1H3. The molecule has 8 nitrogen and oxygen atoms in total. The number of thioether (sulfide) groups is 1. The van der Waals surface area contributed by atoms with Gasteiger partial charge in [-0.05, 0) is 46.8 Å². The number of aromatic hydroxyl groups is 1. The van der Waals surface area contributed by atoms with E-state index in [0.29, 0.717) is 17.4 Å². The van der Waals surface area contributed by atoms with Crippen molar-refractivity contribution >= 4 is 17.7 Å². The van der Waals surface area contributed by atoms with Gasteiger partial charge in [0, 0.05) is 7.05 Å². The van der Waals surface area contributed by atoms with Gasteiger partial charge in [-0.3, -0.25) is 4.79 Å². The highest BCUT2D eigenvalue weighted by Gasteiger charge is 2.15. The molecule has 9 heteroatoms. The fourth-order valence-electron chi connectivity index (χ4n) is 1.99. The number of furan rings is 1. The third-order valence-corrected chi connectivity index (χ3v) is 4.16. The average Bonchev–Trinajstić information content (AvgIpc) is 3.25. The molecule has 0 saturated heterocycles. The normalized spacial score (nSPS) is 10.7. The largest absolute Gasteiger partial charge is 0.508 e. The number of benzene rings is 1. The Morgan fingerprint density at radius 1 is 1.33 bits per heavy atom. The number of aromatic nitrogens is 4. The Kier molecular flexibility index (Phi) is 4.80. The zero-order valence-corrected chi connectivity index (χ0v) is 13.7. The van der Waals surface area contributed by atoms with Crippen LogP contribution >= 0.6 is 11.8 Å². The first-order valence-electron chi connectivity index (χ1n) is 7.10. The van der Waals surface area contributed by atoms with Crippen molar-refractivity contribution in [2.24, 2.45) is 0 Å². The second-order valence-corrected chi connectivity index (χ2v) is 5.95. The van der Waals surface area contributed by atoms with Gasteiger partial charge in [-0.25, -0.2) is 0 Å². The van der Waals surface area contributed by atoms with E-state index in [-0.39, 0.29) is 17.4 Å². The lowest BCUT2D eigenvalue weighted by Crippen LogP contribution is -2.27. The molecule has 0 saturated carbocycles. The van der Waals surface area contributed by atoms with Crippen LogP contribution in [0.5, 0.6) is 5.75 Å². The van der Waals surface area contributed by atoms with E-state index in [0.717, 1.165) is 5.76 Å². The van der Waals surface area contributed by atoms with E-state index in [4.69, 9.17) is 4.42 Å². The predicted molar refractivity (Wildman–Crippen MR) is 86.7 cm³/mol. The summed E-state index contributed by atoms with van der Waals surface area (Å²) in [7, 11) is 1.72. The first-order valence-corrected chi connectivity index (χ1v) is 8.09. The average molecular weight is 345 g/mol. The van der Waals surface area contributed by atoms with Crippen molar-refractivity contribution in [2.75, 3.05) is 12.8 Å². The predicted octanol–water partition coefficient (Wildman–Crippen LogP) is 1.71. The number of tetrazole rings is 1. The third kappa shape index (κ3) is 3.74. The van der Waals surface area contributed by atoms with Crippen molar-refractivity contribution in [1.29, 1.82) is 0 Å². The van der Waals surface area contributed by atoms with Gasteiger partial charge < -0.3 is 14.4 Å². The molecular formula is C15H15N5O3S. The van der Waals surface area contributed by atoms with Gasteiger partial charge in [0.15, 0.2) is 0 Å². The monoisotopic (exact) mass is 345 g/mol. The van der Waals surface area contributed by atoms with Crippen LogP contribution in [0, 0.1) is 0 Å². The van der Waals surface area contributed by atoms with Crippen LogP contribution in [0.1, 0.15) is 5.76 Å². The molecule has 0 aliphatic carbocycles. The first-order chi connectivity index (χ1) is 11.6. The van der Waals surface area contributed by atoms with Crippen LogP contribution in [0.3, 0.4) is 0 Å². The highest BCUT2D eigenvalue weighted by molar-refractivity contribution is 7.99. The Morgan fingerprint density at radius 3 is 2.83 bits per heavy atom. The van der Waals surface area contributed by atoms with Crippen LogP contribution in [-0.4, -0.2) is 48.9 Å².